The van der Waals surface area contributed by atoms with E-state index in [-0.39, 0.29) is 24.2 Å². The van der Waals surface area contributed by atoms with Crippen LogP contribution in [0.4, 0.5) is 9.52 Å². The zero-order chi connectivity index (χ0) is 19.5. The molecule has 0 N–H and O–H groups in total. The van der Waals surface area contributed by atoms with Gasteiger partial charge < -0.3 is 4.74 Å². The molecule has 146 valence electrons. The van der Waals surface area contributed by atoms with Crippen LogP contribution in [0.5, 0.6) is 0 Å². The van der Waals surface area contributed by atoms with Crippen LogP contribution in [0.25, 0.3) is 10.2 Å². The second kappa shape index (κ2) is 8.37. The van der Waals surface area contributed by atoms with Gasteiger partial charge in [-0.05, 0) is 42.5 Å². The summed E-state index contributed by atoms with van der Waals surface area (Å²) in [5, 5.41) is 0.533. The van der Waals surface area contributed by atoms with E-state index in [1.54, 1.807) is 11.0 Å². The molecule has 1 atom stereocenters. The summed E-state index contributed by atoms with van der Waals surface area (Å²) in [6.07, 6.45) is 3.18. The van der Waals surface area contributed by atoms with Crippen molar-refractivity contribution in [2.75, 3.05) is 18.1 Å². The first kappa shape index (κ1) is 19.0. The van der Waals surface area contributed by atoms with E-state index < -0.39 is 0 Å². The molecule has 1 unspecified atom stereocenters. The van der Waals surface area contributed by atoms with E-state index in [9.17, 15) is 9.18 Å². The minimum atomic E-state index is -0.361. The monoisotopic (exact) mass is 398 g/mol. The van der Waals surface area contributed by atoms with Gasteiger partial charge in [-0.25, -0.2) is 9.37 Å². The second-order valence-electron chi connectivity index (χ2n) is 7.07. The highest BCUT2D eigenvalue weighted by Gasteiger charge is 2.26. The molecule has 1 saturated heterocycles. The van der Waals surface area contributed by atoms with Crippen molar-refractivity contribution in [3.05, 3.63) is 59.4 Å². The maximum Gasteiger partial charge on any atom is 0.233 e. The molecule has 3 aromatic rings. The third-order valence-electron chi connectivity index (χ3n) is 5.09. The average Bonchev–Trinajstić information content (AvgIpc) is 3.37. The van der Waals surface area contributed by atoms with E-state index in [0.29, 0.717) is 17.2 Å². The zero-order valence-electron chi connectivity index (χ0n) is 15.9. The molecule has 4 nitrogen and oxygen atoms in total. The van der Waals surface area contributed by atoms with Gasteiger partial charge in [-0.2, -0.15) is 0 Å². The molecule has 1 aliphatic rings. The topological polar surface area (TPSA) is 42.4 Å². The SMILES string of the molecule is CCc1ccc(CC(=O)N(CC2CCCO2)c2nc3c(F)cccc3s2)cc1. The standard InChI is InChI=1S/C22H23FN2O2S/c1-2-15-8-10-16(11-9-15)13-20(26)25(14-17-5-4-12-27-17)22-24-21-18(23)6-3-7-19(21)28-22/h3,6-11,17H,2,4-5,12-14H2,1H3. The van der Waals surface area contributed by atoms with Crippen LogP contribution >= 0.6 is 11.3 Å². The molecule has 28 heavy (non-hydrogen) atoms. The Bertz CT molecular complexity index is 964. The predicted octanol–water partition coefficient (Wildman–Crippen LogP) is 4.75. The Labute approximate surface area is 168 Å². The number of nitrogens with zero attached hydrogens (tertiary/aromatic N) is 2. The van der Waals surface area contributed by atoms with Crippen molar-refractivity contribution in [3.63, 3.8) is 0 Å². The van der Waals surface area contributed by atoms with Crippen LogP contribution in [-0.2, 0) is 22.4 Å². The lowest BCUT2D eigenvalue weighted by Crippen LogP contribution is -2.38. The molecule has 0 bridgehead atoms. The number of thiazole rings is 1. The van der Waals surface area contributed by atoms with Gasteiger partial charge in [-0.1, -0.05) is 48.6 Å². The summed E-state index contributed by atoms with van der Waals surface area (Å²) < 4.78 is 20.6. The van der Waals surface area contributed by atoms with Gasteiger partial charge in [0.15, 0.2) is 5.13 Å². The van der Waals surface area contributed by atoms with Crippen molar-refractivity contribution in [2.24, 2.45) is 0 Å². The number of aryl methyl sites for hydroxylation is 1. The highest BCUT2D eigenvalue weighted by molar-refractivity contribution is 7.22. The number of hydrogen-bond acceptors (Lipinski definition) is 4. The Kier molecular flexibility index (Phi) is 5.69. The summed E-state index contributed by atoms with van der Waals surface area (Å²) in [7, 11) is 0. The number of rotatable bonds is 6. The van der Waals surface area contributed by atoms with Crippen LogP contribution in [0.3, 0.4) is 0 Å². The lowest BCUT2D eigenvalue weighted by molar-refractivity contribution is -0.118. The van der Waals surface area contributed by atoms with Crippen LogP contribution < -0.4 is 4.90 Å². The predicted molar refractivity (Wildman–Crippen MR) is 110 cm³/mol. The number of halogens is 1. The summed E-state index contributed by atoms with van der Waals surface area (Å²) in [4.78, 5) is 19.3. The van der Waals surface area contributed by atoms with Crippen LogP contribution in [0.2, 0.25) is 0 Å². The van der Waals surface area contributed by atoms with E-state index in [1.165, 1.54) is 23.0 Å². The summed E-state index contributed by atoms with van der Waals surface area (Å²) in [5.41, 5.74) is 2.53. The molecule has 1 aliphatic heterocycles. The summed E-state index contributed by atoms with van der Waals surface area (Å²) in [5.74, 6) is -0.404. The Hall–Kier alpha value is -2.31. The molecule has 0 radical (unpaired) electrons. The molecule has 0 spiro atoms. The number of ether oxygens (including phenoxy) is 1. The van der Waals surface area contributed by atoms with Crippen molar-refractivity contribution in [1.82, 2.24) is 4.98 Å². The molecule has 1 amide bonds. The first-order valence-corrected chi connectivity index (χ1v) is 10.5. The maximum atomic E-state index is 14.1. The van der Waals surface area contributed by atoms with Crippen molar-refractivity contribution in [3.8, 4) is 0 Å². The van der Waals surface area contributed by atoms with Gasteiger partial charge in [-0.15, -0.1) is 0 Å². The van der Waals surface area contributed by atoms with Gasteiger partial charge in [0.05, 0.1) is 23.8 Å². The molecule has 2 aromatic carbocycles. The van der Waals surface area contributed by atoms with E-state index in [1.807, 2.05) is 18.2 Å². The molecule has 6 heteroatoms. The van der Waals surface area contributed by atoms with Gasteiger partial charge in [0.2, 0.25) is 5.91 Å². The second-order valence-corrected chi connectivity index (χ2v) is 8.08. The van der Waals surface area contributed by atoms with E-state index in [0.717, 1.165) is 36.1 Å². The molecule has 1 fully saturated rings. The zero-order valence-corrected chi connectivity index (χ0v) is 16.7. The Balaban J connectivity index is 1.61. The van der Waals surface area contributed by atoms with Crippen LogP contribution in [-0.4, -0.2) is 30.1 Å². The lowest BCUT2D eigenvalue weighted by atomic mass is 10.1. The van der Waals surface area contributed by atoms with Gasteiger partial charge in [0, 0.05) is 6.61 Å². The minimum absolute atomic E-state index is 0.00303. The van der Waals surface area contributed by atoms with E-state index >= 15 is 0 Å². The Morgan fingerprint density at radius 2 is 2.04 bits per heavy atom. The highest BCUT2D eigenvalue weighted by atomic mass is 32.1. The summed E-state index contributed by atoms with van der Waals surface area (Å²) in [6, 6.07) is 13.0. The Morgan fingerprint density at radius 3 is 2.71 bits per heavy atom. The molecule has 0 aliphatic carbocycles. The fraction of sp³-hybridized carbons (Fsp3) is 0.364. The maximum absolute atomic E-state index is 14.1. The fourth-order valence-corrected chi connectivity index (χ4v) is 4.47. The number of aromatic nitrogens is 1. The minimum Gasteiger partial charge on any atom is -0.376 e. The van der Waals surface area contributed by atoms with Crippen molar-refractivity contribution < 1.29 is 13.9 Å². The van der Waals surface area contributed by atoms with Gasteiger partial charge in [0.25, 0.3) is 0 Å². The smallest absolute Gasteiger partial charge is 0.233 e. The van der Waals surface area contributed by atoms with Crippen LogP contribution in [0.1, 0.15) is 30.9 Å². The molecule has 4 rings (SSSR count). The van der Waals surface area contributed by atoms with Gasteiger partial charge >= 0.3 is 0 Å². The molecular formula is C22H23FN2O2S. The van der Waals surface area contributed by atoms with Crippen molar-refractivity contribution >= 4 is 32.6 Å². The Morgan fingerprint density at radius 1 is 1.25 bits per heavy atom. The molecule has 0 saturated carbocycles. The van der Waals surface area contributed by atoms with Crippen molar-refractivity contribution in [1.29, 1.82) is 0 Å². The first-order valence-electron chi connectivity index (χ1n) is 9.69. The van der Waals surface area contributed by atoms with Crippen LogP contribution in [0, 0.1) is 5.82 Å². The quantitative estimate of drug-likeness (QED) is 0.602. The number of para-hydroxylation sites is 1. The lowest BCUT2D eigenvalue weighted by Gasteiger charge is -2.23. The third-order valence-corrected chi connectivity index (χ3v) is 6.13. The molecule has 2 heterocycles. The average molecular weight is 399 g/mol. The molecular weight excluding hydrogens is 375 g/mol. The number of fused-ring (bicyclic) bond motifs is 1. The fourth-order valence-electron chi connectivity index (χ4n) is 3.46. The van der Waals surface area contributed by atoms with E-state index in [4.69, 9.17) is 4.74 Å². The number of carbonyl (C=O) groups excluding carboxylic acids is 1. The number of benzene rings is 2. The summed E-state index contributed by atoms with van der Waals surface area (Å²) in [6.45, 7) is 3.28. The van der Waals surface area contributed by atoms with Crippen molar-refractivity contribution in [2.45, 2.75) is 38.7 Å². The number of anilines is 1. The van der Waals surface area contributed by atoms with Gasteiger partial charge in [0.1, 0.15) is 11.3 Å². The largest absolute Gasteiger partial charge is 0.376 e. The first-order chi connectivity index (χ1) is 13.6. The summed E-state index contributed by atoms with van der Waals surface area (Å²) >= 11 is 1.35. The normalized spacial score (nSPS) is 16.6. The van der Waals surface area contributed by atoms with Crippen LogP contribution in [0.15, 0.2) is 42.5 Å². The number of carbonyl (C=O) groups is 1. The number of hydrogen-bond donors (Lipinski definition) is 0. The van der Waals surface area contributed by atoms with Gasteiger partial charge in [-0.3, -0.25) is 9.69 Å². The highest BCUT2D eigenvalue weighted by Crippen LogP contribution is 2.31. The van der Waals surface area contributed by atoms with E-state index in [2.05, 4.69) is 24.0 Å². The number of amides is 1. The third kappa shape index (κ3) is 4.08. The molecule has 1 aromatic heterocycles.